The van der Waals surface area contributed by atoms with Crippen molar-refractivity contribution >= 4 is 57.3 Å². The molecule has 1 atom stereocenters. The summed E-state index contributed by atoms with van der Waals surface area (Å²) in [5.74, 6) is -1.22. The standard InChI is InChI=1S/C34H25ClFN3O4S2/c1-20-4-2-3-5-24(20)18-43-27-16-10-23(11-17-27)30(40)28-29(22-8-12-25(35)13-9-22)39(32(42)31(28)41)33-37-38-34(45-33)44-19-21-6-14-26(36)15-7-21/h2-17,29,40H,18-19H2,1H3/b30-28+. The quantitative estimate of drug-likeness (QED) is 0.0562. The van der Waals surface area contributed by atoms with Crippen LogP contribution in [0.5, 0.6) is 5.75 Å². The Balaban J connectivity index is 1.29. The van der Waals surface area contributed by atoms with Crippen LogP contribution in [0.25, 0.3) is 5.76 Å². The highest BCUT2D eigenvalue weighted by molar-refractivity contribution is 8.00. The van der Waals surface area contributed by atoms with Crippen LogP contribution >= 0.6 is 34.7 Å². The minimum atomic E-state index is -0.970. The number of amides is 1. The molecule has 45 heavy (non-hydrogen) atoms. The molecule has 2 heterocycles. The number of rotatable bonds is 9. The van der Waals surface area contributed by atoms with Crippen LogP contribution in [0.3, 0.4) is 0 Å². The lowest BCUT2D eigenvalue weighted by atomic mass is 9.95. The molecule has 0 aliphatic carbocycles. The zero-order valence-electron chi connectivity index (χ0n) is 23.8. The molecular formula is C34H25ClFN3O4S2. The number of carbonyl (C=O) groups is 2. The number of hydrogen-bond acceptors (Lipinski definition) is 8. The first-order chi connectivity index (χ1) is 21.8. The lowest BCUT2D eigenvalue weighted by molar-refractivity contribution is -0.132. The van der Waals surface area contributed by atoms with Gasteiger partial charge in [0.1, 0.15) is 23.9 Å². The molecule has 11 heteroatoms. The van der Waals surface area contributed by atoms with Crippen molar-refractivity contribution in [1.82, 2.24) is 10.2 Å². The molecule has 1 unspecified atom stereocenters. The highest BCUT2D eigenvalue weighted by atomic mass is 35.5. The second-order valence-electron chi connectivity index (χ2n) is 10.2. The number of aryl methyl sites for hydroxylation is 1. The van der Waals surface area contributed by atoms with E-state index in [0.29, 0.717) is 38.6 Å². The summed E-state index contributed by atoms with van der Waals surface area (Å²) in [6.45, 7) is 2.40. The van der Waals surface area contributed by atoms with Gasteiger partial charge in [-0.25, -0.2) is 4.39 Å². The first-order valence-corrected chi connectivity index (χ1v) is 16.0. The predicted octanol–water partition coefficient (Wildman–Crippen LogP) is 8.14. The first-order valence-electron chi connectivity index (χ1n) is 13.8. The van der Waals surface area contributed by atoms with E-state index in [9.17, 15) is 19.1 Å². The Morgan fingerprint density at radius 1 is 0.978 bits per heavy atom. The second-order valence-corrected chi connectivity index (χ2v) is 12.8. The number of hydrogen-bond donors (Lipinski definition) is 1. The SMILES string of the molecule is Cc1ccccc1COc1ccc(/C(O)=C2\C(=O)C(=O)N(c3nnc(SCc4ccc(F)cc4)s3)C2c2ccc(Cl)cc2)cc1. The number of anilines is 1. The molecule has 0 spiro atoms. The van der Waals surface area contributed by atoms with Crippen molar-refractivity contribution in [3.8, 4) is 5.75 Å². The fraction of sp³-hybridized carbons (Fsp3) is 0.118. The van der Waals surface area contributed by atoms with Gasteiger partial charge in [-0.1, -0.05) is 83.2 Å². The smallest absolute Gasteiger partial charge is 0.301 e. The maximum Gasteiger partial charge on any atom is 0.301 e. The van der Waals surface area contributed by atoms with Gasteiger partial charge in [0.05, 0.1) is 11.6 Å². The van der Waals surface area contributed by atoms with Gasteiger partial charge in [0.25, 0.3) is 5.78 Å². The Morgan fingerprint density at radius 2 is 1.69 bits per heavy atom. The third-order valence-electron chi connectivity index (χ3n) is 7.29. The summed E-state index contributed by atoms with van der Waals surface area (Å²) in [5, 5.41) is 20.6. The molecule has 7 nitrogen and oxygen atoms in total. The maximum absolute atomic E-state index is 13.5. The van der Waals surface area contributed by atoms with Gasteiger partial charge >= 0.3 is 5.91 Å². The first kappa shape index (κ1) is 30.5. The number of nitrogens with zero attached hydrogens (tertiary/aromatic N) is 3. The van der Waals surface area contributed by atoms with Gasteiger partial charge in [-0.05, 0) is 77.7 Å². The molecular weight excluding hydrogens is 633 g/mol. The minimum Gasteiger partial charge on any atom is -0.507 e. The molecule has 4 aromatic carbocycles. The van der Waals surface area contributed by atoms with Gasteiger partial charge in [-0.3, -0.25) is 14.5 Å². The van der Waals surface area contributed by atoms with Gasteiger partial charge < -0.3 is 9.84 Å². The molecule has 1 N–H and O–H groups in total. The Morgan fingerprint density at radius 3 is 2.40 bits per heavy atom. The predicted molar refractivity (Wildman–Crippen MR) is 174 cm³/mol. The topological polar surface area (TPSA) is 92.6 Å². The van der Waals surface area contributed by atoms with E-state index in [0.717, 1.165) is 28.0 Å². The zero-order chi connectivity index (χ0) is 31.5. The molecule has 226 valence electrons. The van der Waals surface area contributed by atoms with Crippen LogP contribution in [-0.2, 0) is 21.9 Å². The van der Waals surface area contributed by atoms with Gasteiger partial charge in [0.15, 0.2) is 4.34 Å². The van der Waals surface area contributed by atoms with Crippen molar-refractivity contribution in [3.05, 3.63) is 141 Å². The number of aliphatic hydroxyl groups is 1. The summed E-state index contributed by atoms with van der Waals surface area (Å²) >= 11 is 8.67. The molecule has 1 aliphatic heterocycles. The molecule has 6 rings (SSSR count). The molecule has 0 radical (unpaired) electrons. The number of ether oxygens (including phenoxy) is 1. The summed E-state index contributed by atoms with van der Waals surface area (Å²) < 4.78 is 19.8. The van der Waals surface area contributed by atoms with Gasteiger partial charge in [-0.15, -0.1) is 10.2 Å². The minimum absolute atomic E-state index is 0.0772. The number of aliphatic hydroxyl groups excluding tert-OH is 1. The van der Waals surface area contributed by atoms with E-state index < -0.39 is 17.7 Å². The average Bonchev–Trinajstić information content (AvgIpc) is 3.62. The fourth-order valence-corrected chi connectivity index (χ4v) is 6.82. The molecule has 1 amide bonds. The van der Waals surface area contributed by atoms with E-state index in [1.165, 1.54) is 28.8 Å². The summed E-state index contributed by atoms with van der Waals surface area (Å²) in [6, 6.07) is 26.5. The monoisotopic (exact) mass is 657 g/mol. The van der Waals surface area contributed by atoms with Crippen LogP contribution in [0.1, 0.15) is 33.9 Å². The Bertz CT molecular complexity index is 1890. The molecule has 0 bridgehead atoms. The summed E-state index contributed by atoms with van der Waals surface area (Å²) in [5.41, 5.74) is 3.91. The van der Waals surface area contributed by atoms with Crippen LogP contribution in [0.15, 0.2) is 107 Å². The lowest BCUT2D eigenvalue weighted by Gasteiger charge is -2.22. The van der Waals surface area contributed by atoms with E-state index >= 15 is 0 Å². The number of thioether (sulfide) groups is 1. The highest BCUT2D eigenvalue weighted by Gasteiger charge is 2.48. The lowest BCUT2D eigenvalue weighted by Crippen LogP contribution is -2.29. The summed E-state index contributed by atoms with van der Waals surface area (Å²) in [4.78, 5) is 28.3. The largest absolute Gasteiger partial charge is 0.507 e. The van der Waals surface area contributed by atoms with Crippen molar-refractivity contribution in [1.29, 1.82) is 0 Å². The van der Waals surface area contributed by atoms with E-state index in [-0.39, 0.29) is 22.3 Å². The Hall–Kier alpha value is -4.51. The van der Waals surface area contributed by atoms with Crippen molar-refractivity contribution in [2.24, 2.45) is 0 Å². The normalized spacial score (nSPS) is 15.9. The van der Waals surface area contributed by atoms with E-state index in [1.807, 2.05) is 31.2 Å². The number of benzene rings is 4. The number of Topliss-reactive ketones (excluding diaryl/α,β-unsaturated/α-hetero) is 1. The van der Waals surface area contributed by atoms with E-state index in [2.05, 4.69) is 10.2 Å². The van der Waals surface area contributed by atoms with Crippen molar-refractivity contribution < 1.29 is 23.8 Å². The number of aromatic nitrogens is 2. The van der Waals surface area contributed by atoms with Gasteiger partial charge in [0, 0.05) is 16.3 Å². The average molecular weight is 658 g/mol. The van der Waals surface area contributed by atoms with Crippen LogP contribution < -0.4 is 9.64 Å². The third kappa shape index (κ3) is 6.63. The van der Waals surface area contributed by atoms with Crippen molar-refractivity contribution in [2.75, 3.05) is 4.90 Å². The molecule has 5 aromatic rings. The number of ketones is 1. The summed E-state index contributed by atoms with van der Waals surface area (Å²) in [7, 11) is 0. The van der Waals surface area contributed by atoms with Crippen LogP contribution in [-0.4, -0.2) is 27.0 Å². The molecule has 1 saturated heterocycles. The molecule has 0 saturated carbocycles. The highest BCUT2D eigenvalue weighted by Crippen LogP contribution is 2.44. The van der Waals surface area contributed by atoms with Crippen LogP contribution in [0.2, 0.25) is 5.02 Å². The third-order valence-corrected chi connectivity index (χ3v) is 9.67. The van der Waals surface area contributed by atoms with Crippen molar-refractivity contribution in [3.63, 3.8) is 0 Å². The number of halogens is 2. The Kier molecular flexibility index (Phi) is 8.97. The number of carbonyl (C=O) groups excluding carboxylic acids is 2. The van der Waals surface area contributed by atoms with Crippen LogP contribution in [0, 0.1) is 12.7 Å². The van der Waals surface area contributed by atoms with Gasteiger partial charge in [-0.2, -0.15) is 0 Å². The second kappa shape index (κ2) is 13.2. The van der Waals surface area contributed by atoms with Gasteiger partial charge in [0.2, 0.25) is 5.13 Å². The molecule has 1 aromatic heterocycles. The maximum atomic E-state index is 13.5. The van der Waals surface area contributed by atoms with E-state index in [4.69, 9.17) is 16.3 Å². The summed E-state index contributed by atoms with van der Waals surface area (Å²) in [6.07, 6.45) is 0. The van der Waals surface area contributed by atoms with Crippen LogP contribution in [0.4, 0.5) is 9.52 Å². The Labute approximate surface area is 272 Å². The molecule has 1 aliphatic rings. The van der Waals surface area contributed by atoms with Crippen molar-refractivity contribution in [2.45, 2.75) is 29.7 Å². The zero-order valence-corrected chi connectivity index (χ0v) is 26.2. The molecule has 1 fully saturated rings. The van der Waals surface area contributed by atoms with E-state index in [1.54, 1.807) is 60.7 Å². The fourth-order valence-electron chi connectivity index (χ4n) is 4.87.